The summed E-state index contributed by atoms with van der Waals surface area (Å²) >= 11 is 0. The average molecular weight is 452 g/mol. The fourth-order valence-electron chi connectivity index (χ4n) is 3.55. The first-order valence-electron chi connectivity index (χ1n) is 10.5. The van der Waals surface area contributed by atoms with Gasteiger partial charge in [0.05, 0.1) is 10.6 Å². The molecule has 1 saturated carbocycles. The molecule has 4 rings (SSSR count). The van der Waals surface area contributed by atoms with Crippen molar-refractivity contribution in [2.75, 3.05) is 17.6 Å². The largest absolute Gasteiger partial charge is 0.384 e. The zero-order valence-electron chi connectivity index (χ0n) is 17.7. The lowest BCUT2D eigenvalue weighted by molar-refractivity contribution is 0.252. The van der Waals surface area contributed by atoms with Gasteiger partial charge in [-0.3, -0.25) is 0 Å². The first-order chi connectivity index (χ1) is 15.4. The molecule has 0 spiro atoms. The van der Waals surface area contributed by atoms with Gasteiger partial charge in [-0.15, -0.1) is 0 Å². The van der Waals surface area contributed by atoms with Gasteiger partial charge in [0, 0.05) is 23.9 Å². The number of sulfone groups is 1. The quantitative estimate of drug-likeness (QED) is 0.502. The van der Waals surface area contributed by atoms with E-state index in [1.807, 2.05) is 6.92 Å². The highest BCUT2D eigenvalue weighted by Gasteiger charge is 2.57. The van der Waals surface area contributed by atoms with E-state index >= 15 is 0 Å². The second kappa shape index (κ2) is 8.58. The number of nitrogens with one attached hydrogen (secondary N) is 2. The molecule has 9 heteroatoms. The average Bonchev–Trinajstić information content (AvgIpc) is 3.61. The van der Waals surface area contributed by atoms with Crippen LogP contribution in [0.15, 0.2) is 65.6 Å². The van der Waals surface area contributed by atoms with Crippen LogP contribution in [0.25, 0.3) is 11.4 Å². The summed E-state index contributed by atoms with van der Waals surface area (Å²) in [6, 6.07) is 16.7. The molecule has 1 aromatic heterocycles. The Bertz CT molecular complexity index is 1220. The maximum absolute atomic E-state index is 13.4. The zero-order chi connectivity index (χ0) is 22.8. The third-order valence-electron chi connectivity index (χ3n) is 5.42. The lowest BCUT2D eigenvalue weighted by Crippen LogP contribution is -2.29. The lowest BCUT2D eigenvalue weighted by Gasteiger charge is -2.17. The first-order valence-corrected chi connectivity index (χ1v) is 11.9. The van der Waals surface area contributed by atoms with Gasteiger partial charge in [-0.05, 0) is 55.7 Å². The van der Waals surface area contributed by atoms with E-state index in [0.29, 0.717) is 42.2 Å². The highest BCUT2D eigenvalue weighted by Crippen LogP contribution is 2.54. The van der Waals surface area contributed by atoms with E-state index in [9.17, 15) is 13.2 Å². The van der Waals surface area contributed by atoms with E-state index in [2.05, 4.69) is 20.6 Å². The number of hydrogen-bond acceptors (Lipinski definition) is 6. The number of anilines is 2. The molecule has 1 fully saturated rings. The van der Waals surface area contributed by atoms with E-state index < -0.39 is 14.6 Å². The number of carbonyl (C=O) groups excluding carboxylic acids is 1. The van der Waals surface area contributed by atoms with Crippen LogP contribution in [0.1, 0.15) is 31.9 Å². The van der Waals surface area contributed by atoms with E-state index in [1.54, 1.807) is 60.7 Å². The van der Waals surface area contributed by atoms with E-state index in [4.69, 9.17) is 5.73 Å². The summed E-state index contributed by atoms with van der Waals surface area (Å²) in [5.74, 6) is 0.553. The highest BCUT2D eigenvalue weighted by atomic mass is 32.2. The lowest BCUT2D eigenvalue weighted by atomic mass is 10.1. The summed E-state index contributed by atoms with van der Waals surface area (Å²) in [5, 5.41) is 5.50. The Morgan fingerprint density at radius 2 is 1.75 bits per heavy atom. The SMILES string of the molecule is CCCNC(=O)Nc1ccc(-c2nc(N)cc(C3(S(=O)(=O)c4ccccc4)CC3)n2)cc1. The normalized spacial score (nSPS) is 14.5. The van der Waals surface area contributed by atoms with Crippen molar-refractivity contribution < 1.29 is 13.2 Å². The highest BCUT2D eigenvalue weighted by molar-refractivity contribution is 7.92. The van der Waals surface area contributed by atoms with Crippen molar-refractivity contribution in [2.24, 2.45) is 0 Å². The van der Waals surface area contributed by atoms with Crippen LogP contribution in [0.4, 0.5) is 16.3 Å². The molecule has 1 heterocycles. The van der Waals surface area contributed by atoms with Gasteiger partial charge in [0.25, 0.3) is 0 Å². The van der Waals surface area contributed by atoms with Crippen LogP contribution in [0.2, 0.25) is 0 Å². The molecule has 8 nitrogen and oxygen atoms in total. The minimum atomic E-state index is -3.62. The molecule has 0 radical (unpaired) electrons. The Morgan fingerprint density at radius 1 is 1.06 bits per heavy atom. The maximum Gasteiger partial charge on any atom is 0.319 e. The smallest absolute Gasteiger partial charge is 0.319 e. The number of hydrogen-bond donors (Lipinski definition) is 3. The number of amides is 2. The van der Waals surface area contributed by atoms with Crippen LogP contribution < -0.4 is 16.4 Å². The van der Waals surface area contributed by atoms with E-state index in [1.165, 1.54) is 0 Å². The van der Waals surface area contributed by atoms with Crippen LogP contribution in [-0.2, 0) is 14.6 Å². The predicted octanol–water partition coefficient (Wildman–Crippen LogP) is 3.72. The van der Waals surface area contributed by atoms with Crippen molar-refractivity contribution >= 4 is 27.4 Å². The van der Waals surface area contributed by atoms with Crippen LogP contribution in [0.3, 0.4) is 0 Å². The summed E-state index contributed by atoms with van der Waals surface area (Å²) in [6.45, 7) is 2.57. The Balaban J connectivity index is 1.62. The number of urea groups is 1. The van der Waals surface area contributed by atoms with Crippen molar-refractivity contribution in [1.29, 1.82) is 0 Å². The molecule has 0 bridgehead atoms. The van der Waals surface area contributed by atoms with Crippen LogP contribution in [0.5, 0.6) is 0 Å². The summed E-state index contributed by atoms with van der Waals surface area (Å²) in [6.07, 6.45) is 1.81. The van der Waals surface area contributed by atoms with Gasteiger partial charge in [0.1, 0.15) is 10.6 Å². The molecule has 0 saturated heterocycles. The zero-order valence-corrected chi connectivity index (χ0v) is 18.5. The summed E-state index contributed by atoms with van der Waals surface area (Å²) < 4.78 is 25.6. The minimum Gasteiger partial charge on any atom is -0.384 e. The number of nitrogen functional groups attached to an aromatic ring is 1. The minimum absolute atomic E-state index is 0.209. The number of benzene rings is 2. The Morgan fingerprint density at radius 3 is 2.38 bits per heavy atom. The molecule has 3 aromatic rings. The molecule has 0 unspecified atom stereocenters. The molecule has 1 aliphatic rings. The molecule has 0 aliphatic heterocycles. The van der Waals surface area contributed by atoms with Gasteiger partial charge in [0.15, 0.2) is 15.7 Å². The van der Waals surface area contributed by atoms with Gasteiger partial charge in [-0.25, -0.2) is 23.2 Å². The van der Waals surface area contributed by atoms with Crippen molar-refractivity contribution in [2.45, 2.75) is 35.8 Å². The number of nitrogens with zero attached hydrogens (tertiary/aromatic N) is 2. The van der Waals surface area contributed by atoms with Crippen molar-refractivity contribution in [1.82, 2.24) is 15.3 Å². The van der Waals surface area contributed by atoms with Crippen LogP contribution in [-0.4, -0.2) is 31.0 Å². The molecule has 32 heavy (non-hydrogen) atoms. The van der Waals surface area contributed by atoms with Gasteiger partial charge in [-0.2, -0.15) is 0 Å². The molecule has 2 aromatic carbocycles. The van der Waals surface area contributed by atoms with Gasteiger partial charge >= 0.3 is 6.03 Å². The monoisotopic (exact) mass is 451 g/mol. The molecule has 2 amide bonds. The van der Waals surface area contributed by atoms with Gasteiger partial charge in [0.2, 0.25) is 0 Å². The fourth-order valence-corrected chi connectivity index (χ4v) is 5.53. The molecule has 0 atom stereocenters. The standard InChI is InChI=1S/C23H25N5O3S/c1-2-14-25-22(29)26-17-10-8-16(9-11-17)21-27-19(15-20(24)28-21)23(12-13-23)32(30,31)18-6-4-3-5-7-18/h3-11,15H,2,12-14H2,1H3,(H2,24,27,28)(H2,25,26,29). The van der Waals surface area contributed by atoms with Gasteiger partial charge in [-0.1, -0.05) is 25.1 Å². The third kappa shape index (κ3) is 4.16. The van der Waals surface area contributed by atoms with Crippen molar-refractivity contribution in [3.05, 3.63) is 66.4 Å². The molecule has 4 N–H and O–H groups in total. The first kappa shape index (κ1) is 21.8. The molecular weight excluding hydrogens is 426 g/mol. The van der Waals surface area contributed by atoms with Gasteiger partial charge < -0.3 is 16.4 Å². The summed E-state index contributed by atoms with van der Waals surface area (Å²) in [5.41, 5.74) is 7.74. The molecule has 1 aliphatic carbocycles. The fraction of sp³-hybridized carbons (Fsp3) is 0.261. The topological polar surface area (TPSA) is 127 Å². The Kier molecular flexibility index (Phi) is 5.84. The number of carbonyl (C=O) groups is 1. The van der Waals surface area contributed by atoms with Crippen LogP contribution in [0, 0.1) is 0 Å². The summed E-state index contributed by atoms with van der Waals surface area (Å²) in [4.78, 5) is 21.0. The second-order valence-electron chi connectivity index (χ2n) is 7.77. The summed E-state index contributed by atoms with van der Waals surface area (Å²) in [7, 11) is -3.62. The van der Waals surface area contributed by atoms with Crippen molar-refractivity contribution in [3.8, 4) is 11.4 Å². The third-order valence-corrected chi connectivity index (χ3v) is 7.96. The Labute approximate surface area is 187 Å². The van der Waals surface area contributed by atoms with E-state index in [-0.39, 0.29) is 16.7 Å². The molecule has 166 valence electrons. The number of aromatic nitrogens is 2. The van der Waals surface area contributed by atoms with Crippen molar-refractivity contribution in [3.63, 3.8) is 0 Å². The Hall–Kier alpha value is -3.46. The van der Waals surface area contributed by atoms with Crippen LogP contribution >= 0.6 is 0 Å². The number of nitrogens with two attached hydrogens (primary N) is 1. The second-order valence-corrected chi connectivity index (χ2v) is 10.0. The van der Waals surface area contributed by atoms with E-state index in [0.717, 1.165) is 6.42 Å². The number of rotatable bonds is 7. The predicted molar refractivity (Wildman–Crippen MR) is 124 cm³/mol. The molecular formula is C23H25N5O3S. The maximum atomic E-state index is 13.4.